The fourth-order valence-electron chi connectivity index (χ4n) is 2.69. The number of amides is 1. The predicted molar refractivity (Wildman–Crippen MR) is 82.7 cm³/mol. The van der Waals surface area contributed by atoms with Crippen molar-refractivity contribution in [3.05, 3.63) is 35.9 Å². The van der Waals surface area contributed by atoms with Crippen LogP contribution in [0.15, 0.2) is 30.3 Å². The average Bonchev–Trinajstić information content (AvgIpc) is 2.49. The summed E-state index contributed by atoms with van der Waals surface area (Å²) in [4.78, 5) is 16.7. The van der Waals surface area contributed by atoms with Gasteiger partial charge in [0.25, 0.3) is 0 Å². The number of unbranched alkanes of at least 4 members (excludes halogenated alkanes) is 2. The normalized spacial score (nSPS) is 16.4. The Morgan fingerprint density at radius 1 is 1.05 bits per heavy atom. The van der Waals surface area contributed by atoms with Gasteiger partial charge in [-0.2, -0.15) is 0 Å². The van der Waals surface area contributed by atoms with Gasteiger partial charge in [-0.25, -0.2) is 0 Å². The van der Waals surface area contributed by atoms with Crippen molar-refractivity contribution < 1.29 is 4.79 Å². The number of carbonyl (C=O) groups excluding carboxylic acids is 1. The Kier molecular flexibility index (Phi) is 6.06. The molecule has 0 radical (unpaired) electrons. The molecule has 0 atom stereocenters. The second-order valence-corrected chi connectivity index (χ2v) is 5.59. The molecule has 2 rings (SSSR count). The SMILES string of the molecule is CCCCCN1CCN(C(=O)Cc2ccccc2)CC1. The summed E-state index contributed by atoms with van der Waals surface area (Å²) in [6.07, 6.45) is 4.41. The molecule has 3 nitrogen and oxygen atoms in total. The first-order chi connectivity index (χ1) is 9.79. The van der Waals surface area contributed by atoms with Gasteiger partial charge in [0, 0.05) is 26.2 Å². The number of nitrogens with zero attached hydrogens (tertiary/aromatic N) is 2. The van der Waals surface area contributed by atoms with E-state index in [-0.39, 0.29) is 5.91 Å². The van der Waals surface area contributed by atoms with Gasteiger partial charge in [0.2, 0.25) is 5.91 Å². The molecule has 0 unspecified atom stereocenters. The molecule has 1 aromatic rings. The van der Waals surface area contributed by atoms with Gasteiger partial charge in [0.15, 0.2) is 0 Å². The second-order valence-electron chi connectivity index (χ2n) is 5.59. The second kappa shape index (κ2) is 8.05. The third-order valence-electron chi connectivity index (χ3n) is 4.00. The highest BCUT2D eigenvalue weighted by atomic mass is 16.2. The molecule has 0 spiro atoms. The molecule has 3 heteroatoms. The van der Waals surface area contributed by atoms with Crippen LogP contribution in [0.4, 0.5) is 0 Å². The minimum Gasteiger partial charge on any atom is -0.340 e. The summed E-state index contributed by atoms with van der Waals surface area (Å²) >= 11 is 0. The zero-order valence-electron chi connectivity index (χ0n) is 12.6. The summed E-state index contributed by atoms with van der Waals surface area (Å²) in [6, 6.07) is 10.0. The summed E-state index contributed by atoms with van der Waals surface area (Å²) in [5.41, 5.74) is 1.11. The Morgan fingerprint density at radius 2 is 1.75 bits per heavy atom. The number of benzene rings is 1. The van der Waals surface area contributed by atoms with E-state index in [1.165, 1.54) is 25.8 Å². The lowest BCUT2D eigenvalue weighted by molar-refractivity contribution is -0.132. The maximum Gasteiger partial charge on any atom is 0.227 e. The third-order valence-corrected chi connectivity index (χ3v) is 4.00. The lowest BCUT2D eigenvalue weighted by atomic mass is 10.1. The zero-order chi connectivity index (χ0) is 14.2. The van der Waals surface area contributed by atoms with Crippen molar-refractivity contribution in [1.29, 1.82) is 0 Å². The van der Waals surface area contributed by atoms with Crippen LogP contribution in [-0.2, 0) is 11.2 Å². The number of hydrogen-bond acceptors (Lipinski definition) is 2. The smallest absolute Gasteiger partial charge is 0.227 e. The van der Waals surface area contributed by atoms with Crippen molar-refractivity contribution >= 4 is 5.91 Å². The van der Waals surface area contributed by atoms with Gasteiger partial charge < -0.3 is 4.90 Å². The molecular formula is C17H26N2O. The van der Waals surface area contributed by atoms with E-state index in [2.05, 4.69) is 11.8 Å². The molecule has 1 heterocycles. The van der Waals surface area contributed by atoms with E-state index in [9.17, 15) is 4.79 Å². The van der Waals surface area contributed by atoms with Crippen molar-refractivity contribution in [3.8, 4) is 0 Å². The summed E-state index contributed by atoms with van der Waals surface area (Å²) in [6.45, 7) is 7.26. The van der Waals surface area contributed by atoms with Crippen LogP contribution in [-0.4, -0.2) is 48.4 Å². The standard InChI is InChI=1S/C17H26N2O/c1-2-3-7-10-18-11-13-19(14-12-18)17(20)15-16-8-5-4-6-9-16/h4-6,8-9H,2-3,7,10-15H2,1H3. The quantitative estimate of drug-likeness (QED) is 0.744. The van der Waals surface area contributed by atoms with Gasteiger partial charge in [-0.3, -0.25) is 9.69 Å². The topological polar surface area (TPSA) is 23.6 Å². The Balaban J connectivity index is 1.72. The highest BCUT2D eigenvalue weighted by molar-refractivity contribution is 5.78. The zero-order valence-corrected chi connectivity index (χ0v) is 12.6. The summed E-state index contributed by atoms with van der Waals surface area (Å²) in [5.74, 6) is 0.268. The Morgan fingerprint density at radius 3 is 2.40 bits per heavy atom. The predicted octanol–water partition coefficient (Wildman–Crippen LogP) is 2.56. The molecule has 1 aromatic carbocycles. The van der Waals surface area contributed by atoms with Crippen LogP contribution in [0.25, 0.3) is 0 Å². The van der Waals surface area contributed by atoms with Crippen LogP contribution in [0.5, 0.6) is 0 Å². The van der Waals surface area contributed by atoms with E-state index in [4.69, 9.17) is 0 Å². The highest BCUT2D eigenvalue weighted by Crippen LogP contribution is 2.08. The van der Waals surface area contributed by atoms with Crippen molar-refractivity contribution in [1.82, 2.24) is 9.80 Å². The first kappa shape index (κ1) is 15.0. The van der Waals surface area contributed by atoms with E-state index in [1.807, 2.05) is 35.2 Å². The molecule has 0 aromatic heterocycles. The molecule has 0 bridgehead atoms. The molecule has 110 valence electrons. The molecule has 20 heavy (non-hydrogen) atoms. The van der Waals surface area contributed by atoms with Crippen LogP contribution in [0.2, 0.25) is 0 Å². The Labute approximate surface area is 122 Å². The Hall–Kier alpha value is -1.35. The van der Waals surface area contributed by atoms with Crippen LogP contribution in [0.1, 0.15) is 31.7 Å². The molecule has 0 N–H and O–H groups in total. The van der Waals surface area contributed by atoms with E-state index < -0.39 is 0 Å². The van der Waals surface area contributed by atoms with Crippen LogP contribution >= 0.6 is 0 Å². The number of piperazine rings is 1. The fraction of sp³-hybridized carbons (Fsp3) is 0.588. The van der Waals surface area contributed by atoms with Crippen molar-refractivity contribution in [2.24, 2.45) is 0 Å². The largest absolute Gasteiger partial charge is 0.340 e. The maximum atomic E-state index is 12.2. The molecule has 1 aliphatic rings. The number of carbonyl (C=O) groups is 1. The fourth-order valence-corrected chi connectivity index (χ4v) is 2.69. The van der Waals surface area contributed by atoms with Crippen LogP contribution in [0, 0.1) is 0 Å². The minimum atomic E-state index is 0.268. The minimum absolute atomic E-state index is 0.268. The molecule has 1 amide bonds. The van der Waals surface area contributed by atoms with Gasteiger partial charge in [-0.05, 0) is 18.5 Å². The molecule has 1 saturated heterocycles. The van der Waals surface area contributed by atoms with Crippen molar-refractivity contribution in [2.45, 2.75) is 32.6 Å². The van der Waals surface area contributed by atoms with E-state index in [0.29, 0.717) is 6.42 Å². The lowest BCUT2D eigenvalue weighted by Crippen LogP contribution is -2.49. The highest BCUT2D eigenvalue weighted by Gasteiger charge is 2.20. The molecule has 1 aliphatic heterocycles. The van der Waals surface area contributed by atoms with Crippen LogP contribution < -0.4 is 0 Å². The summed E-state index contributed by atoms with van der Waals surface area (Å²) in [5, 5.41) is 0. The van der Waals surface area contributed by atoms with Crippen molar-refractivity contribution in [2.75, 3.05) is 32.7 Å². The van der Waals surface area contributed by atoms with Crippen LogP contribution in [0.3, 0.4) is 0 Å². The van der Waals surface area contributed by atoms with Gasteiger partial charge in [-0.1, -0.05) is 50.1 Å². The molecule has 1 fully saturated rings. The lowest BCUT2D eigenvalue weighted by Gasteiger charge is -2.34. The third kappa shape index (κ3) is 4.64. The van der Waals surface area contributed by atoms with Gasteiger partial charge in [0.05, 0.1) is 6.42 Å². The van der Waals surface area contributed by atoms with Crippen molar-refractivity contribution in [3.63, 3.8) is 0 Å². The monoisotopic (exact) mass is 274 g/mol. The maximum absolute atomic E-state index is 12.2. The van der Waals surface area contributed by atoms with E-state index >= 15 is 0 Å². The van der Waals surface area contributed by atoms with Gasteiger partial charge >= 0.3 is 0 Å². The first-order valence-corrected chi connectivity index (χ1v) is 7.83. The van der Waals surface area contributed by atoms with E-state index in [1.54, 1.807) is 0 Å². The average molecular weight is 274 g/mol. The summed E-state index contributed by atoms with van der Waals surface area (Å²) in [7, 11) is 0. The van der Waals surface area contributed by atoms with Gasteiger partial charge in [-0.15, -0.1) is 0 Å². The summed E-state index contributed by atoms with van der Waals surface area (Å²) < 4.78 is 0. The molecule has 0 aliphatic carbocycles. The number of hydrogen-bond donors (Lipinski definition) is 0. The molecule has 0 saturated carbocycles. The van der Waals surface area contributed by atoms with E-state index in [0.717, 1.165) is 31.7 Å². The molecular weight excluding hydrogens is 248 g/mol. The Bertz CT molecular complexity index is 397. The number of rotatable bonds is 6. The first-order valence-electron chi connectivity index (χ1n) is 7.83. The van der Waals surface area contributed by atoms with Gasteiger partial charge in [0.1, 0.15) is 0 Å².